The first-order valence-corrected chi connectivity index (χ1v) is 10.8. The van der Waals surface area contributed by atoms with Crippen LogP contribution in [0.2, 0.25) is 0 Å². The summed E-state index contributed by atoms with van der Waals surface area (Å²) in [6, 6.07) is 22.1. The second kappa shape index (κ2) is 8.26. The first kappa shape index (κ1) is 19.4. The molecule has 0 saturated carbocycles. The maximum atomic E-state index is 11.2. The van der Waals surface area contributed by atoms with E-state index in [2.05, 4.69) is 44.5 Å². The molecule has 1 aliphatic heterocycles. The van der Waals surface area contributed by atoms with Crippen molar-refractivity contribution in [1.82, 2.24) is 9.97 Å². The zero-order chi connectivity index (χ0) is 21.2. The van der Waals surface area contributed by atoms with Crippen molar-refractivity contribution in [2.24, 2.45) is 0 Å². The van der Waals surface area contributed by atoms with Gasteiger partial charge in [-0.25, -0.2) is 9.97 Å². The summed E-state index contributed by atoms with van der Waals surface area (Å²) in [5.41, 5.74) is 4.60. The molecule has 1 atom stereocenters. The highest BCUT2D eigenvalue weighted by molar-refractivity contribution is 5.86. The second-order valence-corrected chi connectivity index (χ2v) is 8.11. The van der Waals surface area contributed by atoms with Gasteiger partial charge in [-0.15, -0.1) is 0 Å². The van der Waals surface area contributed by atoms with Crippen LogP contribution in [0, 0.1) is 6.92 Å². The third-order valence-electron chi connectivity index (χ3n) is 5.97. The largest absolute Gasteiger partial charge is 0.505 e. The Morgan fingerprint density at radius 1 is 0.935 bits per heavy atom. The third-order valence-corrected chi connectivity index (χ3v) is 5.97. The van der Waals surface area contributed by atoms with Crippen LogP contribution in [0.25, 0.3) is 10.9 Å². The van der Waals surface area contributed by atoms with Gasteiger partial charge < -0.3 is 15.3 Å². The molecule has 1 unspecified atom stereocenters. The number of phenolic OH excluding ortho intramolecular Hbond substituents is 1. The number of pyridine rings is 2. The fourth-order valence-corrected chi connectivity index (χ4v) is 4.31. The molecule has 0 spiro atoms. The molecule has 0 radical (unpaired) electrons. The quantitative estimate of drug-likeness (QED) is 0.458. The molecule has 1 aliphatic rings. The van der Waals surface area contributed by atoms with E-state index in [1.54, 1.807) is 6.20 Å². The molecule has 2 aromatic carbocycles. The molecule has 0 aliphatic carbocycles. The molecular formula is C26H26N4O. The highest BCUT2D eigenvalue weighted by Gasteiger charge is 2.21. The zero-order valence-electron chi connectivity index (χ0n) is 17.6. The summed E-state index contributed by atoms with van der Waals surface area (Å²) in [7, 11) is 0. The van der Waals surface area contributed by atoms with Gasteiger partial charge in [0.25, 0.3) is 0 Å². The molecule has 5 rings (SSSR count). The van der Waals surface area contributed by atoms with Gasteiger partial charge in [0.1, 0.15) is 17.1 Å². The number of benzene rings is 2. The fraction of sp³-hybridized carbons (Fsp3) is 0.231. The number of rotatable bonds is 5. The van der Waals surface area contributed by atoms with Gasteiger partial charge in [-0.2, -0.15) is 0 Å². The molecule has 0 bridgehead atoms. The number of aryl methyl sites for hydroxylation is 1. The van der Waals surface area contributed by atoms with Crippen LogP contribution >= 0.6 is 0 Å². The number of phenols is 1. The summed E-state index contributed by atoms with van der Waals surface area (Å²) in [4.78, 5) is 11.4. The van der Waals surface area contributed by atoms with Crippen molar-refractivity contribution in [1.29, 1.82) is 0 Å². The Morgan fingerprint density at radius 2 is 1.71 bits per heavy atom. The van der Waals surface area contributed by atoms with Crippen molar-refractivity contribution in [3.8, 4) is 5.75 Å². The Balaban J connectivity index is 1.57. The van der Waals surface area contributed by atoms with Crippen LogP contribution < -0.4 is 10.2 Å². The monoisotopic (exact) mass is 410 g/mol. The summed E-state index contributed by atoms with van der Waals surface area (Å²) >= 11 is 0. The van der Waals surface area contributed by atoms with Gasteiger partial charge in [0.2, 0.25) is 0 Å². The lowest BCUT2D eigenvalue weighted by Gasteiger charge is -2.23. The van der Waals surface area contributed by atoms with E-state index in [0.717, 1.165) is 41.1 Å². The minimum Gasteiger partial charge on any atom is -0.505 e. The van der Waals surface area contributed by atoms with Crippen LogP contribution in [0.1, 0.15) is 35.7 Å². The van der Waals surface area contributed by atoms with Gasteiger partial charge in [-0.1, -0.05) is 36.4 Å². The normalized spacial score (nSPS) is 14.7. The summed E-state index contributed by atoms with van der Waals surface area (Å²) in [5.74, 6) is 0.964. The smallest absolute Gasteiger partial charge is 0.147 e. The minimum atomic E-state index is -0.255. The van der Waals surface area contributed by atoms with E-state index < -0.39 is 0 Å². The number of fused-ring (bicyclic) bond motifs is 1. The van der Waals surface area contributed by atoms with Crippen molar-refractivity contribution in [3.63, 3.8) is 0 Å². The molecule has 156 valence electrons. The second-order valence-electron chi connectivity index (χ2n) is 8.11. The Morgan fingerprint density at radius 3 is 2.45 bits per heavy atom. The van der Waals surface area contributed by atoms with Crippen LogP contribution in [0.4, 0.5) is 11.5 Å². The molecule has 2 N–H and O–H groups in total. The maximum Gasteiger partial charge on any atom is 0.147 e. The highest BCUT2D eigenvalue weighted by atomic mass is 16.3. The van der Waals surface area contributed by atoms with Gasteiger partial charge in [-0.05, 0) is 55.7 Å². The van der Waals surface area contributed by atoms with Crippen molar-refractivity contribution < 1.29 is 5.11 Å². The number of anilines is 2. The Kier molecular flexibility index (Phi) is 5.16. The van der Waals surface area contributed by atoms with Crippen molar-refractivity contribution in [2.45, 2.75) is 25.8 Å². The topological polar surface area (TPSA) is 61.3 Å². The van der Waals surface area contributed by atoms with Gasteiger partial charge in [0.15, 0.2) is 0 Å². The Labute approximate surface area is 182 Å². The first-order valence-electron chi connectivity index (χ1n) is 10.8. The van der Waals surface area contributed by atoms with E-state index in [1.165, 1.54) is 18.5 Å². The lowest BCUT2D eigenvalue weighted by Crippen LogP contribution is -2.18. The number of aromatic hydroxyl groups is 1. The molecule has 31 heavy (non-hydrogen) atoms. The summed E-state index contributed by atoms with van der Waals surface area (Å²) in [5, 5.41) is 15.6. The average Bonchev–Trinajstić information content (AvgIpc) is 3.34. The lowest BCUT2D eigenvalue weighted by atomic mass is 9.95. The van der Waals surface area contributed by atoms with E-state index >= 15 is 0 Å². The predicted molar refractivity (Wildman–Crippen MR) is 126 cm³/mol. The predicted octanol–water partition coefficient (Wildman–Crippen LogP) is 5.45. The maximum absolute atomic E-state index is 11.2. The number of aromatic nitrogens is 2. The van der Waals surface area contributed by atoms with Crippen molar-refractivity contribution >= 4 is 22.4 Å². The van der Waals surface area contributed by atoms with Gasteiger partial charge >= 0.3 is 0 Å². The SMILES string of the molecule is Cc1ccc2ccc(C(Nc3ccccn3)c3ccc(N4CCCC4)cc3)c(O)c2n1. The van der Waals surface area contributed by atoms with E-state index in [4.69, 9.17) is 0 Å². The summed E-state index contributed by atoms with van der Waals surface area (Å²) in [6.07, 6.45) is 4.27. The molecule has 5 nitrogen and oxygen atoms in total. The number of hydrogen-bond acceptors (Lipinski definition) is 5. The van der Waals surface area contributed by atoms with Gasteiger partial charge in [0, 0.05) is 41.6 Å². The third kappa shape index (κ3) is 3.91. The van der Waals surface area contributed by atoms with Gasteiger partial charge in [-0.3, -0.25) is 0 Å². The van der Waals surface area contributed by atoms with Crippen molar-refractivity contribution in [2.75, 3.05) is 23.3 Å². The number of nitrogens with one attached hydrogen (secondary N) is 1. The van der Waals surface area contributed by atoms with Gasteiger partial charge in [0.05, 0.1) is 6.04 Å². The van der Waals surface area contributed by atoms with Crippen LogP contribution in [0.15, 0.2) is 72.9 Å². The standard InChI is InChI=1S/C26H26N4O/c1-18-7-8-20-11-14-22(26(31)25(20)28-18)24(29-23-6-2-3-15-27-23)19-9-12-21(13-10-19)30-16-4-5-17-30/h2-3,6-15,24,31H,4-5,16-17H2,1H3,(H,27,29). The molecule has 4 aromatic rings. The molecule has 0 amide bonds. The summed E-state index contributed by atoms with van der Waals surface area (Å²) in [6.45, 7) is 4.17. The Bertz CT molecular complexity index is 1190. The first-order chi connectivity index (χ1) is 15.2. The molecule has 1 saturated heterocycles. The van der Waals surface area contributed by atoms with E-state index in [0.29, 0.717) is 5.52 Å². The van der Waals surface area contributed by atoms with Crippen LogP contribution in [-0.2, 0) is 0 Å². The highest BCUT2D eigenvalue weighted by Crippen LogP contribution is 2.37. The molecule has 5 heteroatoms. The molecule has 1 fully saturated rings. The van der Waals surface area contributed by atoms with Crippen molar-refractivity contribution in [3.05, 3.63) is 89.7 Å². The van der Waals surface area contributed by atoms with Crippen LogP contribution in [0.5, 0.6) is 5.75 Å². The van der Waals surface area contributed by atoms with E-state index in [1.807, 2.05) is 49.4 Å². The van der Waals surface area contributed by atoms with E-state index in [-0.39, 0.29) is 11.8 Å². The lowest BCUT2D eigenvalue weighted by molar-refractivity contribution is 0.471. The summed E-state index contributed by atoms with van der Waals surface area (Å²) < 4.78 is 0. The Hall–Kier alpha value is -3.60. The number of hydrogen-bond donors (Lipinski definition) is 2. The van der Waals surface area contributed by atoms with Crippen LogP contribution in [0.3, 0.4) is 0 Å². The number of nitrogens with zero attached hydrogens (tertiary/aromatic N) is 3. The van der Waals surface area contributed by atoms with Crippen LogP contribution in [-0.4, -0.2) is 28.2 Å². The fourth-order valence-electron chi connectivity index (χ4n) is 4.31. The zero-order valence-corrected chi connectivity index (χ0v) is 17.6. The average molecular weight is 411 g/mol. The molecule has 2 aromatic heterocycles. The molecule has 3 heterocycles. The molecular weight excluding hydrogens is 384 g/mol. The minimum absolute atomic E-state index is 0.207. The van der Waals surface area contributed by atoms with E-state index in [9.17, 15) is 5.11 Å².